The van der Waals surface area contributed by atoms with Crippen molar-refractivity contribution in [3.05, 3.63) is 18.2 Å². The summed E-state index contributed by atoms with van der Waals surface area (Å²) in [7, 11) is 0. The molecule has 13 heavy (non-hydrogen) atoms. The van der Waals surface area contributed by atoms with E-state index < -0.39 is 5.60 Å². The second-order valence-corrected chi connectivity index (χ2v) is 3.20. The van der Waals surface area contributed by atoms with E-state index in [-0.39, 0.29) is 0 Å². The summed E-state index contributed by atoms with van der Waals surface area (Å²) < 4.78 is 7.72. The summed E-state index contributed by atoms with van der Waals surface area (Å²) in [5, 5.41) is 0. The Kier molecular flexibility index (Phi) is 1.86. The molecule has 3 heteroatoms. The van der Waals surface area contributed by atoms with Gasteiger partial charge < -0.3 is 9.30 Å². The molecular formula is C10H12N2O. The van der Waals surface area contributed by atoms with Crippen molar-refractivity contribution in [1.29, 1.82) is 0 Å². The lowest BCUT2D eigenvalue weighted by atomic mass is 10.1. The second kappa shape index (κ2) is 2.90. The van der Waals surface area contributed by atoms with Gasteiger partial charge in [0, 0.05) is 18.9 Å². The van der Waals surface area contributed by atoms with Gasteiger partial charge in [-0.15, -0.1) is 5.92 Å². The predicted octanol–water partition coefficient (Wildman–Crippen LogP) is 1.15. The van der Waals surface area contributed by atoms with Crippen molar-refractivity contribution in [3.8, 4) is 11.8 Å². The van der Waals surface area contributed by atoms with Crippen LogP contribution in [-0.2, 0) is 16.9 Å². The highest BCUT2D eigenvalue weighted by Crippen LogP contribution is 2.26. The maximum Gasteiger partial charge on any atom is 0.183 e. The summed E-state index contributed by atoms with van der Waals surface area (Å²) in [5.74, 6) is 6.84. The smallest absolute Gasteiger partial charge is 0.183 e. The normalized spacial score (nSPS) is 26.0. The lowest BCUT2D eigenvalue weighted by molar-refractivity contribution is -0.0243. The number of nitrogens with zero attached hydrogens (tertiary/aromatic N) is 2. The summed E-state index contributed by atoms with van der Waals surface area (Å²) in [6.07, 6.45) is 3.76. The number of imidazole rings is 1. The zero-order chi connectivity index (χ0) is 9.31. The van der Waals surface area contributed by atoms with Crippen molar-refractivity contribution in [2.24, 2.45) is 0 Å². The van der Waals surface area contributed by atoms with Crippen molar-refractivity contribution in [3.63, 3.8) is 0 Å². The molecule has 2 heterocycles. The molecule has 1 aromatic rings. The van der Waals surface area contributed by atoms with Gasteiger partial charge in [0.05, 0.1) is 6.61 Å². The molecule has 1 aliphatic rings. The molecule has 0 N–H and O–H groups in total. The van der Waals surface area contributed by atoms with Crippen LogP contribution >= 0.6 is 0 Å². The standard InChI is InChI=1S/C10H12N2O/c1-3-4-10(2)9-11-5-6-12(9)7-8-13-10/h5-6H,7-8H2,1-2H3. The minimum Gasteiger partial charge on any atom is -0.353 e. The number of fused-ring (bicyclic) bond motifs is 1. The van der Waals surface area contributed by atoms with Crippen LogP contribution in [0, 0.1) is 11.8 Å². The Hall–Kier alpha value is -1.27. The molecule has 0 radical (unpaired) electrons. The van der Waals surface area contributed by atoms with Gasteiger partial charge in [0.1, 0.15) is 0 Å². The average molecular weight is 176 g/mol. The van der Waals surface area contributed by atoms with Crippen LogP contribution in [0.5, 0.6) is 0 Å². The Bertz CT molecular complexity index is 372. The molecule has 0 aliphatic carbocycles. The third-order valence-corrected chi connectivity index (χ3v) is 2.23. The molecule has 0 saturated carbocycles. The van der Waals surface area contributed by atoms with E-state index >= 15 is 0 Å². The topological polar surface area (TPSA) is 27.1 Å². The highest BCUT2D eigenvalue weighted by atomic mass is 16.5. The Balaban J connectivity index is 2.49. The zero-order valence-electron chi connectivity index (χ0n) is 7.87. The minimum atomic E-state index is -0.517. The number of rotatable bonds is 0. The molecule has 0 aromatic carbocycles. The van der Waals surface area contributed by atoms with Gasteiger partial charge in [-0.3, -0.25) is 0 Å². The molecule has 0 amide bonds. The van der Waals surface area contributed by atoms with E-state index in [1.54, 1.807) is 6.20 Å². The van der Waals surface area contributed by atoms with E-state index in [0.717, 1.165) is 12.4 Å². The molecule has 2 rings (SSSR count). The van der Waals surface area contributed by atoms with E-state index in [4.69, 9.17) is 4.74 Å². The monoisotopic (exact) mass is 176 g/mol. The fourth-order valence-corrected chi connectivity index (χ4v) is 1.65. The molecule has 3 nitrogen and oxygen atoms in total. The summed E-state index contributed by atoms with van der Waals surface area (Å²) in [5.41, 5.74) is -0.517. The third-order valence-electron chi connectivity index (χ3n) is 2.23. The summed E-state index contributed by atoms with van der Waals surface area (Å²) in [4.78, 5) is 4.26. The molecule has 0 saturated heterocycles. The van der Waals surface area contributed by atoms with Gasteiger partial charge in [0.2, 0.25) is 0 Å². The first-order chi connectivity index (χ1) is 6.26. The van der Waals surface area contributed by atoms with Gasteiger partial charge >= 0.3 is 0 Å². The van der Waals surface area contributed by atoms with Crippen LogP contribution in [-0.4, -0.2) is 16.2 Å². The van der Waals surface area contributed by atoms with Crippen molar-refractivity contribution in [2.75, 3.05) is 6.61 Å². The molecule has 1 aliphatic heterocycles. The quantitative estimate of drug-likeness (QED) is 0.554. The van der Waals surface area contributed by atoms with Crippen LogP contribution in [0.4, 0.5) is 0 Å². The Labute approximate surface area is 77.7 Å². The molecule has 0 spiro atoms. The Morgan fingerprint density at radius 3 is 3.31 bits per heavy atom. The van der Waals surface area contributed by atoms with Gasteiger partial charge in [0.15, 0.2) is 11.4 Å². The van der Waals surface area contributed by atoms with E-state index in [2.05, 4.69) is 21.4 Å². The predicted molar refractivity (Wildman–Crippen MR) is 49.0 cm³/mol. The van der Waals surface area contributed by atoms with E-state index in [1.165, 1.54) is 0 Å². The second-order valence-electron chi connectivity index (χ2n) is 3.20. The Morgan fingerprint density at radius 2 is 2.54 bits per heavy atom. The van der Waals surface area contributed by atoms with E-state index in [0.29, 0.717) is 6.61 Å². The fraction of sp³-hybridized carbons (Fsp3) is 0.500. The third kappa shape index (κ3) is 1.24. The van der Waals surface area contributed by atoms with Gasteiger partial charge in [-0.25, -0.2) is 4.98 Å². The van der Waals surface area contributed by atoms with Crippen molar-refractivity contribution in [1.82, 2.24) is 9.55 Å². The number of hydrogen-bond donors (Lipinski definition) is 0. The molecule has 1 atom stereocenters. The summed E-state index contributed by atoms with van der Waals surface area (Å²) in [6.45, 7) is 5.35. The highest BCUT2D eigenvalue weighted by molar-refractivity contribution is 5.22. The van der Waals surface area contributed by atoms with Crippen molar-refractivity contribution < 1.29 is 4.74 Å². The molecule has 1 unspecified atom stereocenters. The summed E-state index contributed by atoms with van der Waals surface area (Å²) in [6, 6.07) is 0. The fourth-order valence-electron chi connectivity index (χ4n) is 1.65. The molecule has 0 fully saturated rings. The van der Waals surface area contributed by atoms with Gasteiger partial charge in [0.25, 0.3) is 0 Å². The SMILES string of the molecule is CC#CC1(C)OCCn2ccnc21. The molecule has 1 aromatic heterocycles. The first kappa shape index (κ1) is 8.33. The first-order valence-corrected chi connectivity index (χ1v) is 4.36. The van der Waals surface area contributed by atoms with E-state index in [9.17, 15) is 0 Å². The maximum absolute atomic E-state index is 5.63. The van der Waals surface area contributed by atoms with Crippen molar-refractivity contribution >= 4 is 0 Å². The van der Waals surface area contributed by atoms with Gasteiger partial charge in [-0.1, -0.05) is 5.92 Å². The lowest BCUT2D eigenvalue weighted by Gasteiger charge is -2.29. The van der Waals surface area contributed by atoms with Crippen LogP contribution in [0.3, 0.4) is 0 Å². The van der Waals surface area contributed by atoms with Crippen LogP contribution in [0.15, 0.2) is 12.4 Å². The van der Waals surface area contributed by atoms with Gasteiger partial charge in [-0.05, 0) is 13.8 Å². The number of ether oxygens (including phenoxy) is 1. The van der Waals surface area contributed by atoms with Gasteiger partial charge in [-0.2, -0.15) is 0 Å². The van der Waals surface area contributed by atoms with Crippen LogP contribution < -0.4 is 0 Å². The molecular weight excluding hydrogens is 164 g/mol. The zero-order valence-corrected chi connectivity index (χ0v) is 7.87. The van der Waals surface area contributed by atoms with Crippen LogP contribution in [0.25, 0.3) is 0 Å². The number of hydrogen-bond acceptors (Lipinski definition) is 2. The Morgan fingerprint density at radius 1 is 1.69 bits per heavy atom. The molecule has 68 valence electrons. The lowest BCUT2D eigenvalue weighted by Crippen LogP contribution is -2.34. The van der Waals surface area contributed by atoms with Crippen LogP contribution in [0.1, 0.15) is 19.7 Å². The van der Waals surface area contributed by atoms with E-state index in [1.807, 2.05) is 20.0 Å². The summed E-state index contributed by atoms with van der Waals surface area (Å²) >= 11 is 0. The first-order valence-electron chi connectivity index (χ1n) is 4.36. The van der Waals surface area contributed by atoms with Crippen molar-refractivity contribution in [2.45, 2.75) is 26.0 Å². The average Bonchev–Trinajstić information content (AvgIpc) is 2.54. The van der Waals surface area contributed by atoms with Crippen LogP contribution in [0.2, 0.25) is 0 Å². The largest absolute Gasteiger partial charge is 0.353 e. The highest BCUT2D eigenvalue weighted by Gasteiger charge is 2.33. The minimum absolute atomic E-state index is 0.517. The molecule has 0 bridgehead atoms. The number of aromatic nitrogens is 2. The maximum atomic E-state index is 5.63.